The average molecular weight is 185 g/mol. The van der Waals surface area contributed by atoms with Gasteiger partial charge in [-0.25, -0.2) is 0 Å². The summed E-state index contributed by atoms with van der Waals surface area (Å²) in [5.41, 5.74) is 0.845. The largest absolute Gasteiger partial charge is 0.473 e. The molecule has 0 radical (unpaired) electrons. The van der Waals surface area contributed by atoms with Crippen LogP contribution < -0.4 is 10.4 Å². The molecule has 0 unspecified atom stereocenters. The van der Waals surface area contributed by atoms with Gasteiger partial charge >= 0.3 is 6.70 Å². The molecule has 1 rings (SSSR count). The molecule has 4 heteroatoms. The molecule has 0 atom stereocenters. The number of benzene rings is 1. The van der Waals surface area contributed by atoms with Crippen LogP contribution in [0.1, 0.15) is 0 Å². The van der Waals surface area contributed by atoms with Gasteiger partial charge in [-0.3, -0.25) is 0 Å². The van der Waals surface area contributed by atoms with E-state index in [0.717, 1.165) is 11.7 Å². The van der Waals surface area contributed by atoms with Crippen molar-refractivity contribution in [2.75, 3.05) is 14.1 Å². The van der Waals surface area contributed by atoms with Crippen LogP contribution in [0.25, 0.3) is 0 Å². The summed E-state index contributed by atoms with van der Waals surface area (Å²) >= 11 is 0. The molecule has 0 aliphatic heterocycles. The zero-order chi connectivity index (χ0) is 10.1. The van der Waals surface area contributed by atoms with E-state index in [-0.39, 0.29) is 5.46 Å². The molecule has 1 nitrogen and oxygen atoms in total. The van der Waals surface area contributed by atoms with Gasteiger partial charge in [0.25, 0.3) is 0 Å². The van der Waals surface area contributed by atoms with Crippen LogP contribution in [0.3, 0.4) is 0 Å². The Labute approximate surface area is 77.4 Å². The van der Waals surface area contributed by atoms with Gasteiger partial charge in [0.15, 0.2) is 0 Å². The molecule has 13 heavy (non-hydrogen) atoms. The Morgan fingerprint density at radius 1 is 1.15 bits per heavy atom. The van der Waals surface area contributed by atoms with Gasteiger partial charge in [-0.05, 0) is 6.07 Å². The third-order valence-corrected chi connectivity index (χ3v) is 2.05. The van der Waals surface area contributed by atoms with Crippen molar-refractivity contribution in [2.45, 2.75) is 6.82 Å². The number of nitrogens with one attached hydrogen (secondary N) is 1. The van der Waals surface area contributed by atoms with Crippen molar-refractivity contribution in [3.8, 4) is 0 Å². The second-order valence-corrected chi connectivity index (χ2v) is 3.61. The smallest absolute Gasteiger partial charge is 0.335 e. The molecule has 0 heterocycles. The Kier molecular flexibility index (Phi) is 2.71. The van der Waals surface area contributed by atoms with E-state index in [1.807, 2.05) is 14.1 Å². The summed E-state index contributed by atoms with van der Waals surface area (Å²) in [5.74, 6) is 0. The average Bonchev–Trinajstić information content (AvgIpc) is 2.03. The molecule has 0 fully saturated rings. The summed E-state index contributed by atoms with van der Waals surface area (Å²) in [4.78, 5) is 0.930. The molecule has 0 saturated heterocycles. The minimum atomic E-state index is -3.39. The highest BCUT2D eigenvalue weighted by Gasteiger charge is 2.24. The first kappa shape index (κ1) is 10.2. The molecular formula is C9H14BF2N. The minimum absolute atomic E-state index is 0.169. The van der Waals surface area contributed by atoms with Gasteiger partial charge in [-0.2, -0.15) is 0 Å². The fraction of sp³-hybridized carbons (Fsp3) is 0.333. The van der Waals surface area contributed by atoms with Gasteiger partial charge in [0, 0.05) is 0 Å². The molecule has 0 aliphatic rings. The van der Waals surface area contributed by atoms with Crippen molar-refractivity contribution >= 4 is 17.9 Å². The van der Waals surface area contributed by atoms with E-state index in [2.05, 4.69) is 0 Å². The van der Waals surface area contributed by atoms with Gasteiger partial charge in [0.2, 0.25) is 0 Å². The normalized spacial score (nSPS) is 12.2. The molecule has 0 saturated carbocycles. The lowest BCUT2D eigenvalue weighted by molar-refractivity contribution is -0.785. The van der Waals surface area contributed by atoms with Crippen LogP contribution >= 0.6 is 0 Å². The third-order valence-electron chi connectivity index (χ3n) is 2.05. The Bertz CT molecular complexity index is 294. The van der Waals surface area contributed by atoms with E-state index in [1.54, 1.807) is 18.2 Å². The van der Waals surface area contributed by atoms with Crippen molar-refractivity contribution in [1.29, 1.82) is 0 Å². The van der Waals surface area contributed by atoms with E-state index >= 15 is 0 Å². The molecule has 0 spiro atoms. The maximum Gasteiger partial charge on any atom is 0.335 e. The minimum Gasteiger partial charge on any atom is -0.473 e. The Morgan fingerprint density at radius 3 is 2.08 bits per heavy atom. The summed E-state index contributed by atoms with van der Waals surface area (Å²) in [5, 5.41) is 0. The van der Waals surface area contributed by atoms with Crippen LogP contribution in [0.4, 0.5) is 14.3 Å². The van der Waals surface area contributed by atoms with E-state index in [4.69, 9.17) is 0 Å². The standard InChI is InChI=1S/C9H13BF2N/c1-10(11,12)8-6-4-5-7-9(8)13(2)3/h4-7H,1-3H3/q-1/p+1. The number of rotatable bonds is 2. The number of hydrogen-bond donors (Lipinski definition) is 1. The summed E-state index contributed by atoms with van der Waals surface area (Å²) in [6.07, 6.45) is 0. The molecule has 0 amide bonds. The lowest BCUT2D eigenvalue weighted by Crippen LogP contribution is -3.01. The summed E-state index contributed by atoms with van der Waals surface area (Å²) in [7, 11) is 3.70. The zero-order valence-electron chi connectivity index (χ0n) is 8.14. The SMILES string of the molecule is C[NH+](C)c1ccccc1[B-](C)(F)F. The van der Waals surface area contributed by atoms with Crippen molar-refractivity contribution < 1.29 is 13.5 Å². The highest BCUT2D eigenvalue weighted by molar-refractivity contribution is 6.79. The monoisotopic (exact) mass is 185 g/mol. The van der Waals surface area contributed by atoms with Gasteiger partial charge < -0.3 is 13.5 Å². The second-order valence-electron chi connectivity index (χ2n) is 3.61. The van der Waals surface area contributed by atoms with Crippen molar-refractivity contribution in [3.63, 3.8) is 0 Å². The predicted octanol–water partition coefficient (Wildman–Crippen LogP) is 0.681. The molecule has 0 bridgehead atoms. The van der Waals surface area contributed by atoms with Gasteiger partial charge in [0.05, 0.1) is 14.1 Å². The van der Waals surface area contributed by atoms with E-state index in [0.29, 0.717) is 5.69 Å². The zero-order valence-corrected chi connectivity index (χ0v) is 8.14. The van der Waals surface area contributed by atoms with E-state index < -0.39 is 6.70 Å². The summed E-state index contributed by atoms with van der Waals surface area (Å²) in [6, 6.07) is 6.68. The van der Waals surface area contributed by atoms with Crippen LogP contribution in [0.5, 0.6) is 0 Å². The topological polar surface area (TPSA) is 4.44 Å². The highest BCUT2D eigenvalue weighted by Crippen LogP contribution is 2.10. The fourth-order valence-electron chi connectivity index (χ4n) is 1.39. The highest BCUT2D eigenvalue weighted by atomic mass is 19.2. The Hall–Kier alpha value is -0.895. The van der Waals surface area contributed by atoms with Crippen LogP contribution in [0.2, 0.25) is 6.82 Å². The third kappa shape index (κ3) is 2.28. The van der Waals surface area contributed by atoms with Crippen molar-refractivity contribution in [3.05, 3.63) is 24.3 Å². The summed E-state index contributed by atoms with van der Waals surface area (Å²) < 4.78 is 26.2. The van der Waals surface area contributed by atoms with Gasteiger partial charge in [0.1, 0.15) is 5.69 Å². The number of para-hydroxylation sites is 1. The number of halogens is 2. The van der Waals surface area contributed by atoms with Crippen LogP contribution in [0, 0.1) is 0 Å². The van der Waals surface area contributed by atoms with Crippen molar-refractivity contribution in [2.24, 2.45) is 0 Å². The summed E-state index contributed by atoms with van der Waals surface area (Å²) in [6.45, 7) is -2.40. The molecular weight excluding hydrogens is 171 g/mol. The molecule has 1 aromatic carbocycles. The van der Waals surface area contributed by atoms with E-state index in [9.17, 15) is 8.63 Å². The van der Waals surface area contributed by atoms with Crippen LogP contribution in [0.15, 0.2) is 24.3 Å². The number of hydrogen-bond acceptors (Lipinski definition) is 0. The molecule has 1 aromatic rings. The predicted molar refractivity (Wildman–Crippen MR) is 52.4 cm³/mol. The maximum absolute atomic E-state index is 13.1. The fourth-order valence-corrected chi connectivity index (χ4v) is 1.39. The van der Waals surface area contributed by atoms with E-state index in [1.165, 1.54) is 6.07 Å². The molecule has 1 N–H and O–H groups in total. The first-order valence-corrected chi connectivity index (χ1v) is 4.38. The first-order chi connectivity index (χ1) is 5.93. The first-order valence-electron chi connectivity index (χ1n) is 4.38. The van der Waals surface area contributed by atoms with Crippen LogP contribution in [-0.4, -0.2) is 20.8 Å². The quantitative estimate of drug-likeness (QED) is 0.646. The lowest BCUT2D eigenvalue weighted by Gasteiger charge is -2.22. The molecule has 72 valence electrons. The maximum atomic E-state index is 13.1. The number of quaternary nitrogens is 1. The molecule has 0 aliphatic carbocycles. The Balaban J connectivity index is 3.20. The second kappa shape index (κ2) is 3.46. The Morgan fingerprint density at radius 2 is 1.69 bits per heavy atom. The molecule has 0 aromatic heterocycles. The van der Waals surface area contributed by atoms with Gasteiger partial charge in [-0.1, -0.05) is 23.7 Å². The lowest BCUT2D eigenvalue weighted by atomic mass is 9.60. The van der Waals surface area contributed by atoms with Crippen molar-refractivity contribution in [1.82, 2.24) is 0 Å². The van der Waals surface area contributed by atoms with Crippen LogP contribution in [-0.2, 0) is 0 Å². The van der Waals surface area contributed by atoms with Gasteiger partial charge in [-0.15, -0.1) is 6.82 Å².